The smallest absolute Gasteiger partial charge is 0.0947 e. The number of amidine groups is 1. The molecule has 0 aromatic carbocycles. The van der Waals surface area contributed by atoms with Crippen LogP contribution in [-0.4, -0.2) is 5.84 Å². The lowest BCUT2D eigenvalue weighted by Crippen LogP contribution is -2.24. The lowest BCUT2D eigenvalue weighted by Gasteiger charge is -2.09. The molecule has 2 unspecified atom stereocenters. The Hall–Kier alpha value is -1.04. The number of hydrogen-bond donors (Lipinski definition) is 2. The summed E-state index contributed by atoms with van der Waals surface area (Å²) in [5.74, 6) is -0.179. The second-order valence-electron chi connectivity index (χ2n) is 2.16. The van der Waals surface area contributed by atoms with Gasteiger partial charge in [0.15, 0.2) is 0 Å². The van der Waals surface area contributed by atoms with E-state index in [0.717, 1.165) is 0 Å². The SMILES string of the molecule is CC(C#N)C(C)C(=N)N. The fraction of sp³-hybridized carbons (Fsp3) is 0.667. The molecule has 0 heterocycles. The number of nitrogens with zero attached hydrogens (tertiary/aromatic N) is 1. The summed E-state index contributed by atoms with van der Waals surface area (Å²) >= 11 is 0. The zero-order chi connectivity index (χ0) is 7.44. The van der Waals surface area contributed by atoms with Crippen LogP contribution in [0, 0.1) is 28.6 Å². The Bertz CT molecular complexity index is 145. The minimum Gasteiger partial charge on any atom is -0.387 e. The number of rotatable bonds is 2. The molecule has 0 aromatic rings. The molecule has 0 bridgehead atoms. The van der Waals surface area contributed by atoms with Gasteiger partial charge in [-0.1, -0.05) is 6.92 Å². The molecular weight excluding hydrogens is 114 g/mol. The normalized spacial score (nSPS) is 15.7. The van der Waals surface area contributed by atoms with Crippen LogP contribution in [0.1, 0.15) is 13.8 Å². The van der Waals surface area contributed by atoms with Crippen molar-refractivity contribution in [2.24, 2.45) is 17.6 Å². The van der Waals surface area contributed by atoms with E-state index in [9.17, 15) is 0 Å². The Morgan fingerprint density at radius 2 is 2.11 bits per heavy atom. The molecule has 9 heavy (non-hydrogen) atoms. The van der Waals surface area contributed by atoms with Crippen LogP contribution in [0.5, 0.6) is 0 Å². The predicted octanol–water partition coefficient (Wildman–Crippen LogP) is 0.718. The van der Waals surface area contributed by atoms with Crippen LogP contribution in [0.15, 0.2) is 0 Å². The predicted molar refractivity (Wildman–Crippen MR) is 35.9 cm³/mol. The van der Waals surface area contributed by atoms with Crippen LogP contribution < -0.4 is 5.73 Å². The minimum absolute atomic E-state index is 0.0871. The molecule has 0 fully saturated rings. The fourth-order valence-electron chi connectivity index (χ4n) is 0.381. The van der Waals surface area contributed by atoms with Gasteiger partial charge in [-0.15, -0.1) is 0 Å². The third-order valence-corrected chi connectivity index (χ3v) is 1.44. The number of hydrogen-bond acceptors (Lipinski definition) is 2. The molecule has 0 aliphatic rings. The molecule has 0 aliphatic carbocycles. The largest absolute Gasteiger partial charge is 0.387 e. The number of nitrogens with two attached hydrogens (primary N) is 1. The van der Waals surface area contributed by atoms with Crippen molar-refractivity contribution in [2.45, 2.75) is 13.8 Å². The van der Waals surface area contributed by atoms with E-state index >= 15 is 0 Å². The maximum atomic E-state index is 8.35. The second-order valence-corrected chi connectivity index (χ2v) is 2.16. The highest BCUT2D eigenvalue weighted by Gasteiger charge is 2.12. The van der Waals surface area contributed by atoms with Crippen molar-refractivity contribution in [1.82, 2.24) is 0 Å². The van der Waals surface area contributed by atoms with Crippen LogP contribution in [0.4, 0.5) is 0 Å². The Morgan fingerprint density at radius 1 is 1.67 bits per heavy atom. The molecule has 0 aliphatic heterocycles. The lowest BCUT2D eigenvalue weighted by atomic mass is 9.97. The molecule has 0 rings (SSSR count). The molecule has 0 amide bonds. The first-order valence-electron chi connectivity index (χ1n) is 2.83. The van der Waals surface area contributed by atoms with Crippen molar-refractivity contribution in [3.05, 3.63) is 0 Å². The highest BCUT2D eigenvalue weighted by molar-refractivity contribution is 5.79. The van der Waals surface area contributed by atoms with Crippen molar-refractivity contribution in [3.8, 4) is 6.07 Å². The molecule has 3 heteroatoms. The van der Waals surface area contributed by atoms with E-state index in [1.807, 2.05) is 6.07 Å². The van der Waals surface area contributed by atoms with Gasteiger partial charge in [-0.25, -0.2) is 0 Å². The lowest BCUT2D eigenvalue weighted by molar-refractivity contribution is 0.595. The number of nitriles is 1. The van der Waals surface area contributed by atoms with Gasteiger partial charge >= 0.3 is 0 Å². The Labute approximate surface area is 55.0 Å². The summed E-state index contributed by atoms with van der Waals surface area (Å²) in [6.45, 7) is 3.53. The molecule has 0 spiro atoms. The summed E-state index contributed by atoms with van der Waals surface area (Å²) in [7, 11) is 0. The summed E-state index contributed by atoms with van der Waals surface area (Å²) < 4.78 is 0. The van der Waals surface area contributed by atoms with E-state index in [0.29, 0.717) is 0 Å². The molecule has 3 nitrogen and oxygen atoms in total. The van der Waals surface area contributed by atoms with Crippen molar-refractivity contribution in [3.63, 3.8) is 0 Å². The third kappa shape index (κ3) is 2.13. The monoisotopic (exact) mass is 125 g/mol. The Kier molecular flexibility index (Phi) is 2.72. The van der Waals surface area contributed by atoms with Gasteiger partial charge in [0.25, 0.3) is 0 Å². The van der Waals surface area contributed by atoms with Crippen molar-refractivity contribution in [1.29, 1.82) is 10.7 Å². The van der Waals surface area contributed by atoms with Crippen LogP contribution in [-0.2, 0) is 0 Å². The van der Waals surface area contributed by atoms with E-state index in [-0.39, 0.29) is 17.7 Å². The first-order chi connectivity index (χ1) is 4.09. The molecule has 0 saturated heterocycles. The maximum absolute atomic E-state index is 8.35. The van der Waals surface area contributed by atoms with Gasteiger partial charge in [0, 0.05) is 5.92 Å². The van der Waals surface area contributed by atoms with Crippen LogP contribution in [0.3, 0.4) is 0 Å². The first kappa shape index (κ1) is 7.96. The van der Waals surface area contributed by atoms with Crippen LogP contribution >= 0.6 is 0 Å². The second kappa shape index (κ2) is 3.08. The van der Waals surface area contributed by atoms with E-state index in [4.69, 9.17) is 16.4 Å². The third-order valence-electron chi connectivity index (χ3n) is 1.44. The molecule has 50 valence electrons. The Balaban J connectivity index is 3.91. The van der Waals surface area contributed by atoms with E-state index in [2.05, 4.69) is 0 Å². The average molecular weight is 125 g/mol. The van der Waals surface area contributed by atoms with Gasteiger partial charge < -0.3 is 5.73 Å². The summed E-state index contributed by atoms with van der Waals surface area (Å²) in [6.07, 6.45) is 0. The molecule has 0 radical (unpaired) electrons. The molecule has 2 atom stereocenters. The van der Waals surface area contributed by atoms with Gasteiger partial charge in [-0.3, -0.25) is 5.41 Å². The van der Waals surface area contributed by atoms with Crippen LogP contribution in [0.25, 0.3) is 0 Å². The standard InChI is InChI=1S/C6H11N3/c1-4(3-7)5(2)6(8)9/h4-5H,1-2H3,(H3,8,9). The van der Waals surface area contributed by atoms with Crippen LogP contribution in [0.2, 0.25) is 0 Å². The average Bonchev–Trinajstić information content (AvgIpc) is 1.84. The van der Waals surface area contributed by atoms with Gasteiger partial charge in [0.1, 0.15) is 0 Å². The zero-order valence-electron chi connectivity index (χ0n) is 5.68. The summed E-state index contributed by atoms with van der Waals surface area (Å²) in [4.78, 5) is 0. The molecule has 3 N–H and O–H groups in total. The van der Waals surface area contributed by atoms with Gasteiger partial charge in [0.2, 0.25) is 0 Å². The highest BCUT2D eigenvalue weighted by Crippen LogP contribution is 2.07. The Morgan fingerprint density at radius 3 is 2.22 bits per heavy atom. The first-order valence-corrected chi connectivity index (χ1v) is 2.83. The van der Waals surface area contributed by atoms with Gasteiger partial charge in [-0.05, 0) is 6.92 Å². The summed E-state index contributed by atoms with van der Waals surface area (Å²) in [5, 5.41) is 15.3. The molecule has 0 saturated carbocycles. The highest BCUT2D eigenvalue weighted by atomic mass is 14.7. The fourth-order valence-corrected chi connectivity index (χ4v) is 0.381. The summed E-state index contributed by atoms with van der Waals surface area (Å²) in [6, 6.07) is 2.03. The topological polar surface area (TPSA) is 73.7 Å². The van der Waals surface area contributed by atoms with E-state index in [1.165, 1.54) is 0 Å². The van der Waals surface area contributed by atoms with E-state index in [1.54, 1.807) is 13.8 Å². The molecule has 0 aromatic heterocycles. The van der Waals surface area contributed by atoms with Crippen molar-refractivity contribution >= 4 is 5.84 Å². The van der Waals surface area contributed by atoms with Gasteiger partial charge in [0.05, 0.1) is 17.8 Å². The minimum atomic E-state index is -0.150. The quantitative estimate of drug-likeness (QED) is 0.421. The van der Waals surface area contributed by atoms with E-state index < -0.39 is 0 Å². The van der Waals surface area contributed by atoms with Crippen molar-refractivity contribution < 1.29 is 0 Å². The molecular formula is C6H11N3. The maximum Gasteiger partial charge on any atom is 0.0947 e. The number of nitrogens with one attached hydrogen (secondary N) is 1. The van der Waals surface area contributed by atoms with Crippen molar-refractivity contribution in [2.75, 3.05) is 0 Å². The zero-order valence-corrected chi connectivity index (χ0v) is 5.68. The van der Waals surface area contributed by atoms with Gasteiger partial charge in [-0.2, -0.15) is 5.26 Å². The summed E-state index contributed by atoms with van der Waals surface area (Å²) in [5.41, 5.74) is 5.14.